The number of fused-ring (bicyclic) bond motifs is 8. The van der Waals surface area contributed by atoms with Crippen molar-refractivity contribution in [2.75, 3.05) is 28.4 Å². The van der Waals surface area contributed by atoms with Gasteiger partial charge in [-0.2, -0.15) is 0 Å². The molecule has 0 amide bonds. The Morgan fingerprint density at radius 3 is 2.35 bits per heavy atom. The van der Waals surface area contributed by atoms with Crippen LogP contribution in [-0.4, -0.2) is 86.3 Å². The summed E-state index contributed by atoms with van der Waals surface area (Å²) in [5.41, 5.74) is 8.53. The summed E-state index contributed by atoms with van der Waals surface area (Å²) in [5.74, 6) is -6.18. The normalized spacial score (nSPS) is 27.8. The molecule has 7 rings (SSSR count). The standard InChI is InChI=1S/C42H46N4O9/c1-10-21-18(2)25-16-29-24-13-11-23(39(49)53-7)35(41(51)55-9)42(24,5)30(44-29)17-27-19(3)22(12-14-31(47)52-6)36(45-27)33-34(40(50)54-8)38(48)32-20(4)26(46-37(32)33)15-28(21)43-25/h11,13,16,19,25,33-35,46H,10,12,14-15,17H2,1-9H3/t19?,25?,33?,34?,35-,42+/m0/s1. The molecule has 1 aromatic heterocycles. The molecule has 0 aromatic carbocycles. The maximum absolute atomic E-state index is 14.3. The van der Waals surface area contributed by atoms with Gasteiger partial charge in [0.05, 0.1) is 62.8 Å². The first-order chi connectivity index (χ1) is 26.2. The van der Waals surface area contributed by atoms with E-state index in [4.69, 9.17) is 33.9 Å². The third-order valence-electron chi connectivity index (χ3n) is 12.5. The number of methoxy groups -OCH3 is 4. The molecule has 0 saturated carbocycles. The molecule has 4 aliphatic heterocycles. The number of hydrogen-bond donors (Lipinski definition) is 1. The van der Waals surface area contributed by atoms with Crippen LogP contribution in [0, 0.1) is 30.1 Å². The Kier molecular flexibility index (Phi) is 9.63. The van der Waals surface area contributed by atoms with Crippen LogP contribution < -0.4 is 0 Å². The molecule has 288 valence electrons. The predicted molar refractivity (Wildman–Crippen MR) is 203 cm³/mol. The van der Waals surface area contributed by atoms with Crippen molar-refractivity contribution < 1.29 is 42.9 Å². The summed E-state index contributed by atoms with van der Waals surface area (Å²) in [6.07, 6.45) is 7.07. The summed E-state index contributed by atoms with van der Waals surface area (Å²) in [6, 6.07) is -0.357. The molecule has 0 radical (unpaired) electrons. The zero-order valence-electron chi connectivity index (χ0n) is 32.7. The van der Waals surface area contributed by atoms with Crippen molar-refractivity contribution >= 4 is 46.8 Å². The lowest BCUT2D eigenvalue weighted by atomic mass is 9.62. The van der Waals surface area contributed by atoms with Gasteiger partial charge in [0.2, 0.25) is 0 Å². The number of nitrogens with one attached hydrogen (secondary N) is 1. The highest BCUT2D eigenvalue weighted by Crippen LogP contribution is 2.55. The van der Waals surface area contributed by atoms with Crippen LogP contribution in [0.15, 0.2) is 72.5 Å². The van der Waals surface area contributed by atoms with Crippen LogP contribution in [0.4, 0.5) is 0 Å². The number of H-pyrrole nitrogens is 1. The number of carbonyl (C=O) groups excluding carboxylic acids is 5. The van der Waals surface area contributed by atoms with E-state index in [2.05, 4.69) is 18.8 Å². The van der Waals surface area contributed by atoms with Gasteiger partial charge in [-0.1, -0.05) is 26.0 Å². The van der Waals surface area contributed by atoms with Crippen molar-refractivity contribution in [3.63, 3.8) is 0 Å². The lowest BCUT2D eigenvalue weighted by Crippen LogP contribution is -2.45. The minimum atomic E-state index is -1.20. The first-order valence-electron chi connectivity index (χ1n) is 18.6. The highest BCUT2D eigenvalue weighted by Gasteiger charge is 2.56. The van der Waals surface area contributed by atoms with Crippen molar-refractivity contribution in [2.45, 2.75) is 78.7 Å². The number of rotatable bonds is 7. The van der Waals surface area contributed by atoms with Gasteiger partial charge in [-0.15, -0.1) is 0 Å². The molecule has 2 aliphatic carbocycles. The minimum absolute atomic E-state index is 0.0523. The fourth-order valence-corrected chi connectivity index (χ4v) is 9.50. The number of carbonyl (C=O) groups is 5. The summed E-state index contributed by atoms with van der Waals surface area (Å²) in [5, 5.41) is 0. The molecule has 8 bridgehead atoms. The van der Waals surface area contributed by atoms with E-state index in [1.165, 1.54) is 28.4 Å². The van der Waals surface area contributed by atoms with E-state index >= 15 is 0 Å². The number of hydrogen-bond acceptors (Lipinski definition) is 12. The molecule has 13 heteroatoms. The summed E-state index contributed by atoms with van der Waals surface area (Å²) in [7, 11) is 5.14. The van der Waals surface area contributed by atoms with E-state index in [9.17, 15) is 24.0 Å². The van der Waals surface area contributed by atoms with Gasteiger partial charge in [0, 0.05) is 59.3 Å². The molecule has 0 fully saturated rings. The number of nitrogens with zero attached hydrogens (tertiary/aromatic N) is 3. The number of aliphatic imine (C=N–C) groups is 3. The lowest BCUT2D eigenvalue weighted by Gasteiger charge is -2.38. The van der Waals surface area contributed by atoms with Gasteiger partial charge >= 0.3 is 23.9 Å². The molecule has 4 unspecified atom stereocenters. The van der Waals surface area contributed by atoms with E-state index < -0.39 is 47.0 Å². The smallest absolute Gasteiger partial charge is 0.334 e. The molecule has 1 N–H and O–H groups in total. The fraction of sp³-hybridized carbons (Fsp3) is 0.476. The van der Waals surface area contributed by atoms with Gasteiger partial charge in [0.25, 0.3) is 0 Å². The first kappa shape index (κ1) is 37.8. The van der Waals surface area contributed by atoms with Crippen molar-refractivity contribution in [1.29, 1.82) is 0 Å². The third-order valence-corrected chi connectivity index (χ3v) is 12.5. The molecule has 5 heterocycles. The van der Waals surface area contributed by atoms with Crippen LogP contribution in [-0.2, 0) is 44.5 Å². The van der Waals surface area contributed by atoms with Crippen molar-refractivity contribution in [2.24, 2.45) is 38.1 Å². The van der Waals surface area contributed by atoms with Crippen molar-refractivity contribution in [3.8, 4) is 0 Å². The maximum atomic E-state index is 14.3. The Labute approximate surface area is 319 Å². The quantitative estimate of drug-likeness (QED) is 0.219. The zero-order chi connectivity index (χ0) is 39.7. The second-order valence-electron chi connectivity index (χ2n) is 15.0. The predicted octanol–water partition coefficient (Wildman–Crippen LogP) is 5.36. The highest BCUT2D eigenvalue weighted by atomic mass is 16.5. The zero-order valence-corrected chi connectivity index (χ0v) is 32.7. The number of ketones is 1. The van der Waals surface area contributed by atoms with Crippen LogP contribution in [0.2, 0.25) is 0 Å². The second kappa shape index (κ2) is 14.0. The monoisotopic (exact) mass is 750 g/mol. The third kappa shape index (κ3) is 5.64. The largest absolute Gasteiger partial charge is 0.469 e. The molecule has 13 nitrogen and oxygen atoms in total. The Morgan fingerprint density at radius 2 is 1.69 bits per heavy atom. The summed E-state index contributed by atoms with van der Waals surface area (Å²) >= 11 is 0. The van der Waals surface area contributed by atoms with Gasteiger partial charge in [-0.25, -0.2) is 4.79 Å². The molecule has 6 atom stereocenters. The maximum Gasteiger partial charge on any atom is 0.334 e. The van der Waals surface area contributed by atoms with Crippen LogP contribution in [0.3, 0.4) is 0 Å². The van der Waals surface area contributed by atoms with E-state index in [1.54, 1.807) is 6.08 Å². The minimum Gasteiger partial charge on any atom is -0.469 e. The van der Waals surface area contributed by atoms with Crippen molar-refractivity contribution in [3.05, 3.63) is 80.0 Å². The summed E-state index contributed by atoms with van der Waals surface area (Å²) < 4.78 is 20.7. The van der Waals surface area contributed by atoms with E-state index in [0.29, 0.717) is 40.5 Å². The molecular weight excluding hydrogens is 704 g/mol. The lowest BCUT2D eigenvalue weighted by molar-refractivity contribution is -0.149. The molecule has 1 aromatic rings. The van der Waals surface area contributed by atoms with Gasteiger partial charge in [0.1, 0.15) is 11.8 Å². The van der Waals surface area contributed by atoms with E-state index in [0.717, 1.165) is 45.7 Å². The number of esters is 4. The Morgan fingerprint density at radius 1 is 0.964 bits per heavy atom. The summed E-state index contributed by atoms with van der Waals surface area (Å²) in [4.78, 5) is 86.8. The number of allylic oxidation sites excluding steroid dienone is 6. The second-order valence-corrected chi connectivity index (χ2v) is 15.0. The Balaban J connectivity index is 1.49. The van der Waals surface area contributed by atoms with Crippen LogP contribution in [0.5, 0.6) is 0 Å². The molecule has 0 spiro atoms. The number of aromatic amines is 1. The molecular formula is C42H46N4O9. The number of aromatic nitrogens is 1. The molecule has 6 aliphatic rings. The van der Waals surface area contributed by atoms with Gasteiger partial charge in [-0.3, -0.25) is 34.2 Å². The van der Waals surface area contributed by atoms with E-state index in [1.807, 2.05) is 32.9 Å². The number of Topliss-reactive ketones (excluding diaryl/α,β-unsaturated/α-hetero) is 1. The first-order valence-corrected chi connectivity index (χ1v) is 18.6. The summed E-state index contributed by atoms with van der Waals surface area (Å²) in [6.45, 7) is 9.90. The molecule has 0 saturated heterocycles. The molecule has 55 heavy (non-hydrogen) atoms. The topological polar surface area (TPSA) is 175 Å². The Bertz CT molecular complexity index is 2220. The van der Waals surface area contributed by atoms with Gasteiger partial charge in [-0.05, 0) is 67.5 Å². The highest BCUT2D eigenvalue weighted by molar-refractivity contribution is 6.17. The van der Waals surface area contributed by atoms with Crippen molar-refractivity contribution in [1.82, 2.24) is 4.98 Å². The average Bonchev–Trinajstić information content (AvgIpc) is 3.91. The SMILES string of the molecule is CCC1=C(C)C2C=C3N=C(CC4=NC(=C(CCC(=O)OC)C4C)C4c5[nH]c(c(C)c5C(=O)C4C(=O)OC)CC1=N2)[C@@]1(C)C3=CC=C(C(=O)OC)[C@H]1C(=O)OC. The van der Waals surface area contributed by atoms with Gasteiger partial charge < -0.3 is 23.9 Å². The van der Waals surface area contributed by atoms with Crippen LogP contribution >= 0.6 is 0 Å². The van der Waals surface area contributed by atoms with Crippen LogP contribution in [0.25, 0.3) is 0 Å². The number of ether oxygens (including phenoxy) is 4. The fourth-order valence-electron chi connectivity index (χ4n) is 9.50. The Hall–Kier alpha value is -5.46. The van der Waals surface area contributed by atoms with E-state index in [-0.39, 0.29) is 42.6 Å². The average molecular weight is 751 g/mol. The van der Waals surface area contributed by atoms with Crippen LogP contribution in [0.1, 0.15) is 86.6 Å². The van der Waals surface area contributed by atoms with Gasteiger partial charge in [0.15, 0.2) is 5.78 Å².